The van der Waals surface area contributed by atoms with Crippen LogP contribution in [0.15, 0.2) is 42.5 Å². The number of hydrogen-bond donors (Lipinski definition) is 1. The van der Waals surface area contributed by atoms with Gasteiger partial charge in [0.2, 0.25) is 0 Å². The van der Waals surface area contributed by atoms with Gasteiger partial charge >= 0.3 is 0 Å². The molecule has 1 aromatic heterocycles. The molecule has 1 aromatic carbocycles. The molecule has 0 amide bonds. The standard InChI is InChI=1S/C18H24OS/c19-15-6-2-5-11-17-13-14-18(20-17)12-7-10-16-8-3-1-4-9-16/h1,3-4,8-9,13-14,19H,2,5-7,10-12,15H2. The normalized spacial score (nSPS) is 10.8. The summed E-state index contributed by atoms with van der Waals surface area (Å²) >= 11 is 1.96. The van der Waals surface area contributed by atoms with E-state index in [0.717, 1.165) is 12.8 Å². The van der Waals surface area contributed by atoms with Gasteiger partial charge in [-0.1, -0.05) is 36.8 Å². The lowest BCUT2D eigenvalue weighted by atomic mass is 10.1. The van der Waals surface area contributed by atoms with Crippen LogP contribution in [0.4, 0.5) is 0 Å². The third kappa shape index (κ3) is 5.48. The average molecular weight is 288 g/mol. The fourth-order valence-electron chi connectivity index (χ4n) is 2.39. The number of benzene rings is 1. The molecule has 0 aliphatic rings. The zero-order valence-electron chi connectivity index (χ0n) is 12.1. The van der Waals surface area contributed by atoms with E-state index in [2.05, 4.69) is 42.5 Å². The minimum Gasteiger partial charge on any atom is -0.396 e. The molecule has 2 heteroatoms. The molecule has 0 bridgehead atoms. The number of thiophene rings is 1. The second-order valence-corrected chi connectivity index (χ2v) is 6.49. The average Bonchev–Trinajstić information content (AvgIpc) is 2.93. The van der Waals surface area contributed by atoms with E-state index < -0.39 is 0 Å². The molecule has 0 saturated carbocycles. The lowest BCUT2D eigenvalue weighted by molar-refractivity contribution is 0.283. The van der Waals surface area contributed by atoms with Crippen molar-refractivity contribution < 1.29 is 5.11 Å². The van der Waals surface area contributed by atoms with Crippen molar-refractivity contribution in [2.45, 2.75) is 44.9 Å². The molecule has 1 nitrogen and oxygen atoms in total. The van der Waals surface area contributed by atoms with Crippen LogP contribution < -0.4 is 0 Å². The van der Waals surface area contributed by atoms with E-state index in [4.69, 9.17) is 5.11 Å². The van der Waals surface area contributed by atoms with Crippen molar-refractivity contribution in [1.29, 1.82) is 0 Å². The van der Waals surface area contributed by atoms with Crippen LogP contribution in [0.3, 0.4) is 0 Å². The Morgan fingerprint density at radius 3 is 2.10 bits per heavy atom. The molecular weight excluding hydrogens is 264 g/mol. The third-order valence-electron chi connectivity index (χ3n) is 3.53. The van der Waals surface area contributed by atoms with E-state index in [-0.39, 0.29) is 0 Å². The molecular formula is C18H24OS. The van der Waals surface area contributed by atoms with Crippen molar-refractivity contribution in [3.05, 3.63) is 57.8 Å². The Balaban J connectivity index is 1.67. The maximum atomic E-state index is 8.76. The summed E-state index contributed by atoms with van der Waals surface area (Å²) in [6, 6.07) is 15.3. The van der Waals surface area contributed by atoms with Crippen LogP contribution in [0.25, 0.3) is 0 Å². The SMILES string of the molecule is OCCCCCc1ccc(CCCc2ccccc2)s1. The van der Waals surface area contributed by atoms with Crippen LogP contribution >= 0.6 is 11.3 Å². The summed E-state index contributed by atoms with van der Waals surface area (Å²) in [6.07, 6.45) is 8.04. The monoisotopic (exact) mass is 288 g/mol. The van der Waals surface area contributed by atoms with E-state index in [0.29, 0.717) is 6.61 Å². The highest BCUT2D eigenvalue weighted by atomic mass is 32.1. The zero-order chi connectivity index (χ0) is 14.0. The van der Waals surface area contributed by atoms with E-state index in [1.807, 2.05) is 11.3 Å². The van der Waals surface area contributed by atoms with Crippen LogP contribution in [0.1, 0.15) is 41.0 Å². The first-order chi connectivity index (χ1) is 9.88. The lowest BCUT2D eigenvalue weighted by Gasteiger charge is -2.00. The first-order valence-electron chi connectivity index (χ1n) is 7.61. The predicted octanol–water partition coefficient (Wildman–Crippen LogP) is 4.63. The van der Waals surface area contributed by atoms with Gasteiger partial charge in [-0.25, -0.2) is 0 Å². The predicted molar refractivity (Wildman–Crippen MR) is 87.4 cm³/mol. The largest absolute Gasteiger partial charge is 0.396 e. The summed E-state index contributed by atoms with van der Waals surface area (Å²) in [7, 11) is 0. The smallest absolute Gasteiger partial charge is 0.0431 e. The summed E-state index contributed by atoms with van der Waals surface area (Å²) in [5.41, 5.74) is 1.44. The Hall–Kier alpha value is -1.12. The van der Waals surface area contributed by atoms with Gasteiger partial charge in [0, 0.05) is 16.4 Å². The highest BCUT2D eigenvalue weighted by molar-refractivity contribution is 7.11. The van der Waals surface area contributed by atoms with Crippen LogP contribution in [0, 0.1) is 0 Å². The molecule has 0 saturated heterocycles. The molecule has 0 atom stereocenters. The summed E-state index contributed by atoms with van der Waals surface area (Å²) in [6.45, 7) is 0.329. The van der Waals surface area contributed by atoms with Gasteiger partial charge in [0.25, 0.3) is 0 Å². The van der Waals surface area contributed by atoms with E-state index >= 15 is 0 Å². The number of hydrogen-bond acceptors (Lipinski definition) is 2. The van der Waals surface area contributed by atoms with Crippen molar-refractivity contribution in [2.24, 2.45) is 0 Å². The van der Waals surface area contributed by atoms with Crippen molar-refractivity contribution in [2.75, 3.05) is 6.61 Å². The van der Waals surface area contributed by atoms with E-state index in [1.165, 1.54) is 47.4 Å². The highest BCUT2D eigenvalue weighted by Gasteiger charge is 2.01. The van der Waals surface area contributed by atoms with Crippen LogP contribution in [0.2, 0.25) is 0 Å². The van der Waals surface area contributed by atoms with Gasteiger partial charge in [-0.15, -0.1) is 11.3 Å². The molecule has 2 aromatic rings. The van der Waals surface area contributed by atoms with Crippen LogP contribution in [0.5, 0.6) is 0 Å². The minimum atomic E-state index is 0.329. The van der Waals surface area contributed by atoms with Crippen molar-refractivity contribution in [3.63, 3.8) is 0 Å². The first-order valence-corrected chi connectivity index (χ1v) is 8.42. The molecule has 0 fully saturated rings. The molecule has 2 rings (SSSR count). The lowest BCUT2D eigenvalue weighted by Crippen LogP contribution is -1.87. The fraction of sp³-hybridized carbons (Fsp3) is 0.444. The molecule has 0 unspecified atom stereocenters. The Morgan fingerprint density at radius 2 is 1.40 bits per heavy atom. The van der Waals surface area contributed by atoms with Gasteiger partial charge in [-0.05, 0) is 56.2 Å². The molecule has 0 aliphatic carbocycles. The Labute approximate surface area is 126 Å². The number of rotatable bonds is 9. The Morgan fingerprint density at radius 1 is 0.700 bits per heavy atom. The fourth-order valence-corrected chi connectivity index (χ4v) is 3.49. The van der Waals surface area contributed by atoms with Gasteiger partial charge in [-0.2, -0.15) is 0 Å². The summed E-state index contributed by atoms with van der Waals surface area (Å²) in [5.74, 6) is 0. The number of unbranched alkanes of at least 4 members (excludes halogenated alkanes) is 2. The topological polar surface area (TPSA) is 20.2 Å². The molecule has 0 aliphatic heterocycles. The molecule has 0 radical (unpaired) electrons. The van der Waals surface area contributed by atoms with Crippen LogP contribution in [-0.4, -0.2) is 11.7 Å². The van der Waals surface area contributed by atoms with Gasteiger partial charge in [0.1, 0.15) is 0 Å². The van der Waals surface area contributed by atoms with Crippen molar-refractivity contribution in [1.82, 2.24) is 0 Å². The van der Waals surface area contributed by atoms with Gasteiger partial charge < -0.3 is 5.11 Å². The zero-order valence-corrected chi connectivity index (χ0v) is 12.9. The summed E-state index contributed by atoms with van der Waals surface area (Å²) < 4.78 is 0. The Bertz CT molecular complexity index is 475. The Kier molecular flexibility index (Phi) is 6.82. The second-order valence-electron chi connectivity index (χ2n) is 5.24. The van der Waals surface area contributed by atoms with Gasteiger partial charge in [-0.3, -0.25) is 0 Å². The summed E-state index contributed by atoms with van der Waals surface area (Å²) in [5, 5.41) is 8.76. The third-order valence-corrected chi connectivity index (χ3v) is 4.73. The minimum absolute atomic E-state index is 0.329. The van der Waals surface area contributed by atoms with Crippen molar-refractivity contribution in [3.8, 4) is 0 Å². The maximum Gasteiger partial charge on any atom is 0.0431 e. The first kappa shape index (κ1) is 15.3. The molecule has 1 heterocycles. The highest BCUT2D eigenvalue weighted by Crippen LogP contribution is 2.21. The van der Waals surface area contributed by atoms with E-state index in [1.54, 1.807) is 0 Å². The van der Waals surface area contributed by atoms with Gasteiger partial charge in [0.05, 0.1) is 0 Å². The number of aliphatic hydroxyl groups is 1. The number of aryl methyl sites for hydroxylation is 3. The van der Waals surface area contributed by atoms with E-state index in [9.17, 15) is 0 Å². The molecule has 1 N–H and O–H groups in total. The molecule has 0 spiro atoms. The number of aliphatic hydroxyl groups excluding tert-OH is 1. The molecule has 20 heavy (non-hydrogen) atoms. The quantitative estimate of drug-likeness (QED) is 0.667. The second kappa shape index (κ2) is 8.93. The summed E-state index contributed by atoms with van der Waals surface area (Å²) in [4.78, 5) is 3.01. The van der Waals surface area contributed by atoms with Crippen molar-refractivity contribution >= 4 is 11.3 Å². The molecule has 108 valence electrons. The maximum absolute atomic E-state index is 8.76. The van der Waals surface area contributed by atoms with Crippen LogP contribution in [-0.2, 0) is 19.3 Å². The van der Waals surface area contributed by atoms with Gasteiger partial charge in [0.15, 0.2) is 0 Å².